The molecule has 2 heterocycles. The first-order valence-electron chi connectivity index (χ1n) is 7.67. The van der Waals surface area contributed by atoms with Gasteiger partial charge in [-0.2, -0.15) is 0 Å². The van der Waals surface area contributed by atoms with Crippen molar-refractivity contribution < 1.29 is 9.59 Å². The molecule has 118 valence electrons. The number of aromatic nitrogens is 1. The Morgan fingerprint density at radius 3 is 2.87 bits per heavy atom. The van der Waals surface area contributed by atoms with E-state index in [-0.39, 0.29) is 17.9 Å². The number of para-hydroxylation sites is 1. The highest BCUT2D eigenvalue weighted by Gasteiger charge is 2.31. The molecule has 2 aromatic rings. The molecule has 5 heteroatoms. The van der Waals surface area contributed by atoms with Crippen LogP contribution in [0.25, 0.3) is 0 Å². The number of fused-ring (bicyclic) bond motifs is 1. The molecule has 0 saturated heterocycles. The van der Waals surface area contributed by atoms with Crippen molar-refractivity contribution in [2.75, 3.05) is 4.90 Å². The van der Waals surface area contributed by atoms with Crippen molar-refractivity contribution in [2.24, 2.45) is 0 Å². The molecule has 0 bridgehead atoms. The van der Waals surface area contributed by atoms with E-state index in [1.807, 2.05) is 23.1 Å². The molecule has 23 heavy (non-hydrogen) atoms. The van der Waals surface area contributed by atoms with Crippen LogP contribution in [0.15, 0.2) is 42.6 Å². The topological polar surface area (TPSA) is 62.3 Å². The minimum Gasteiger partial charge on any atom is -0.351 e. The van der Waals surface area contributed by atoms with Crippen LogP contribution in [0.1, 0.15) is 35.5 Å². The Hall–Kier alpha value is -2.69. The number of pyridine rings is 1. The van der Waals surface area contributed by atoms with Gasteiger partial charge in [0.05, 0.1) is 12.2 Å². The average Bonchev–Trinajstić information content (AvgIpc) is 2.88. The van der Waals surface area contributed by atoms with Gasteiger partial charge in [-0.3, -0.25) is 14.6 Å². The first kappa shape index (κ1) is 15.2. The fourth-order valence-corrected chi connectivity index (χ4v) is 2.94. The fourth-order valence-electron chi connectivity index (χ4n) is 2.94. The van der Waals surface area contributed by atoms with E-state index >= 15 is 0 Å². The number of anilines is 1. The maximum atomic E-state index is 12.9. The highest BCUT2D eigenvalue weighted by Crippen LogP contribution is 2.32. The Morgan fingerprint density at radius 2 is 2.09 bits per heavy atom. The maximum absolute atomic E-state index is 12.9. The highest BCUT2D eigenvalue weighted by molar-refractivity contribution is 6.07. The molecule has 0 saturated carbocycles. The summed E-state index contributed by atoms with van der Waals surface area (Å²) in [6.45, 7) is 3.83. The Labute approximate surface area is 135 Å². The van der Waals surface area contributed by atoms with E-state index in [9.17, 15) is 9.59 Å². The lowest BCUT2D eigenvalue weighted by Gasteiger charge is -2.23. The highest BCUT2D eigenvalue weighted by atomic mass is 16.2. The summed E-state index contributed by atoms with van der Waals surface area (Å²) < 4.78 is 0. The minimum absolute atomic E-state index is 0.0334. The smallest absolute Gasteiger partial charge is 0.258 e. The number of carbonyl (C=O) groups is 2. The first-order chi connectivity index (χ1) is 11.1. The predicted octanol–water partition coefficient (Wildman–Crippen LogP) is 2.31. The molecule has 0 aliphatic carbocycles. The molecule has 0 fully saturated rings. The molecule has 2 amide bonds. The summed E-state index contributed by atoms with van der Waals surface area (Å²) in [5.74, 6) is -0.153. The van der Waals surface area contributed by atoms with E-state index in [4.69, 9.17) is 0 Å². The van der Waals surface area contributed by atoms with Gasteiger partial charge in [0.15, 0.2) is 0 Å². The van der Waals surface area contributed by atoms with Crippen LogP contribution < -0.4 is 10.2 Å². The van der Waals surface area contributed by atoms with E-state index < -0.39 is 0 Å². The van der Waals surface area contributed by atoms with Gasteiger partial charge in [0.1, 0.15) is 0 Å². The van der Waals surface area contributed by atoms with Crippen molar-refractivity contribution in [1.82, 2.24) is 10.3 Å². The number of carbonyl (C=O) groups excluding carboxylic acids is 2. The Kier molecular flexibility index (Phi) is 4.10. The van der Waals surface area contributed by atoms with Gasteiger partial charge < -0.3 is 10.2 Å². The van der Waals surface area contributed by atoms with Crippen molar-refractivity contribution in [3.05, 3.63) is 59.4 Å². The third-order valence-electron chi connectivity index (χ3n) is 4.01. The zero-order valence-corrected chi connectivity index (χ0v) is 13.2. The molecule has 1 aliphatic rings. The van der Waals surface area contributed by atoms with Crippen LogP contribution in [0, 0.1) is 0 Å². The molecule has 1 aliphatic heterocycles. The number of amides is 2. The largest absolute Gasteiger partial charge is 0.351 e. The molecule has 0 radical (unpaired) electrons. The molecule has 1 atom stereocenters. The Balaban J connectivity index is 1.86. The molecule has 0 spiro atoms. The number of rotatable bonds is 3. The molecule has 1 aromatic heterocycles. The van der Waals surface area contributed by atoms with Crippen molar-refractivity contribution in [1.29, 1.82) is 0 Å². The zero-order valence-electron chi connectivity index (χ0n) is 13.2. The summed E-state index contributed by atoms with van der Waals surface area (Å²) in [4.78, 5) is 30.0. The average molecular weight is 309 g/mol. The van der Waals surface area contributed by atoms with Crippen LogP contribution in [0.5, 0.6) is 0 Å². The Morgan fingerprint density at radius 1 is 1.30 bits per heavy atom. The second-order valence-corrected chi connectivity index (χ2v) is 5.80. The number of benzene rings is 1. The molecule has 1 N–H and O–H groups in total. The van der Waals surface area contributed by atoms with Crippen LogP contribution in [-0.2, 0) is 17.8 Å². The number of hydrogen-bond acceptors (Lipinski definition) is 3. The van der Waals surface area contributed by atoms with E-state index in [0.29, 0.717) is 17.8 Å². The van der Waals surface area contributed by atoms with Crippen molar-refractivity contribution >= 4 is 17.5 Å². The number of hydrogen-bond donors (Lipinski definition) is 1. The van der Waals surface area contributed by atoms with E-state index in [1.54, 1.807) is 18.3 Å². The zero-order chi connectivity index (χ0) is 16.4. The molecule has 1 aromatic carbocycles. The summed E-state index contributed by atoms with van der Waals surface area (Å²) in [7, 11) is 0. The van der Waals surface area contributed by atoms with Crippen LogP contribution in [0.4, 0.5) is 5.69 Å². The minimum atomic E-state index is -0.120. The molecule has 1 unspecified atom stereocenters. The lowest BCUT2D eigenvalue weighted by atomic mass is 10.1. The van der Waals surface area contributed by atoms with Crippen LogP contribution >= 0.6 is 0 Å². The quantitative estimate of drug-likeness (QED) is 0.946. The number of nitrogens with one attached hydrogen (secondary N) is 1. The van der Waals surface area contributed by atoms with E-state index in [2.05, 4.69) is 23.3 Å². The summed E-state index contributed by atoms with van der Waals surface area (Å²) >= 11 is 0. The maximum Gasteiger partial charge on any atom is 0.258 e. The second-order valence-electron chi connectivity index (χ2n) is 5.80. The van der Waals surface area contributed by atoms with Crippen molar-refractivity contribution in [3.63, 3.8) is 0 Å². The molecular formula is C18H19N3O2. The standard InChI is InChI=1S/C18H19N3O2/c1-12-9-14-5-3-4-6-17(14)21(12)18(23)15-7-8-19-16(10-15)11-20-13(2)22/h3-8,10,12H,9,11H2,1-2H3,(H,20,22). The lowest BCUT2D eigenvalue weighted by Crippen LogP contribution is -2.35. The summed E-state index contributed by atoms with van der Waals surface area (Å²) in [6.07, 6.45) is 2.47. The molecular weight excluding hydrogens is 290 g/mol. The van der Waals surface area contributed by atoms with Crippen LogP contribution in [0.3, 0.4) is 0 Å². The molecule has 5 nitrogen and oxygen atoms in total. The van der Waals surface area contributed by atoms with E-state index in [0.717, 1.165) is 12.1 Å². The van der Waals surface area contributed by atoms with Gasteiger partial charge in [0.2, 0.25) is 5.91 Å². The van der Waals surface area contributed by atoms with Gasteiger partial charge in [-0.05, 0) is 37.1 Å². The van der Waals surface area contributed by atoms with Gasteiger partial charge in [0.25, 0.3) is 5.91 Å². The summed E-state index contributed by atoms with van der Waals surface area (Å²) in [5.41, 5.74) is 3.43. The third kappa shape index (κ3) is 3.08. The van der Waals surface area contributed by atoms with Crippen LogP contribution in [-0.4, -0.2) is 22.8 Å². The molecule has 3 rings (SSSR count). The Bertz CT molecular complexity index is 757. The normalized spacial score (nSPS) is 16.1. The van der Waals surface area contributed by atoms with Gasteiger partial charge in [-0.15, -0.1) is 0 Å². The number of nitrogens with zero attached hydrogens (tertiary/aromatic N) is 2. The van der Waals surface area contributed by atoms with Gasteiger partial charge >= 0.3 is 0 Å². The fraction of sp³-hybridized carbons (Fsp3) is 0.278. The second kappa shape index (κ2) is 6.20. The predicted molar refractivity (Wildman–Crippen MR) is 88.2 cm³/mol. The third-order valence-corrected chi connectivity index (χ3v) is 4.01. The van der Waals surface area contributed by atoms with Crippen LogP contribution in [0.2, 0.25) is 0 Å². The summed E-state index contributed by atoms with van der Waals surface area (Å²) in [5, 5.41) is 2.70. The van der Waals surface area contributed by atoms with Crippen molar-refractivity contribution in [2.45, 2.75) is 32.9 Å². The van der Waals surface area contributed by atoms with Crippen molar-refractivity contribution in [3.8, 4) is 0 Å². The lowest BCUT2D eigenvalue weighted by molar-refractivity contribution is -0.119. The van der Waals surface area contributed by atoms with Gasteiger partial charge in [0, 0.05) is 30.4 Å². The van der Waals surface area contributed by atoms with Gasteiger partial charge in [-0.1, -0.05) is 18.2 Å². The monoisotopic (exact) mass is 309 g/mol. The van der Waals surface area contributed by atoms with Gasteiger partial charge in [-0.25, -0.2) is 0 Å². The summed E-state index contributed by atoms with van der Waals surface area (Å²) in [6, 6.07) is 11.6. The first-order valence-corrected chi connectivity index (χ1v) is 7.67. The van der Waals surface area contributed by atoms with E-state index in [1.165, 1.54) is 12.5 Å². The SMILES string of the molecule is CC(=O)NCc1cc(C(=O)N2c3ccccc3CC2C)ccn1.